The smallest absolute Gasteiger partial charge is 0.184 e. The topological polar surface area (TPSA) is 53.6 Å². The summed E-state index contributed by atoms with van der Waals surface area (Å²) in [6.07, 6.45) is 3.60. The normalized spacial score (nSPS) is 10.2. The Hall–Kier alpha value is -1.07. The van der Waals surface area contributed by atoms with E-state index in [0.29, 0.717) is 11.7 Å². The minimum absolute atomic E-state index is 0.527. The summed E-state index contributed by atoms with van der Waals surface area (Å²) in [5.41, 5.74) is 1.09. The van der Waals surface area contributed by atoms with Crippen LogP contribution in [0.3, 0.4) is 0 Å². The number of aromatic nitrogens is 3. The number of H-pyrrole nitrogens is 1. The molecule has 0 radical (unpaired) electrons. The summed E-state index contributed by atoms with van der Waals surface area (Å²) >= 11 is 7.15. The standard InChI is InChI=1S/C7H7ClN4S/c8-6-4-13-7(12-6)9-1-5-2-10-11-3-5/h2-4H,1H2,(H,9,12)(H,10,11). The van der Waals surface area contributed by atoms with Crippen LogP contribution in [0.5, 0.6) is 0 Å². The third-order valence-electron chi connectivity index (χ3n) is 1.47. The molecule has 4 nitrogen and oxygen atoms in total. The van der Waals surface area contributed by atoms with Crippen molar-refractivity contribution in [1.29, 1.82) is 0 Å². The zero-order valence-electron chi connectivity index (χ0n) is 6.62. The highest BCUT2D eigenvalue weighted by molar-refractivity contribution is 7.14. The molecule has 68 valence electrons. The van der Waals surface area contributed by atoms with Crippen molar-refractivity contribution in [2.75, 3.05) is 5.32 Å². The van der Waals surface area contributed by atoms with Gasteiger partial charge in [0.2, 0.25) is 0 Å². The maximum Gasteiger partial charge on any atom is 0.184 e. The number of thiazole rings is 1. The van der Waals surface area contributed by atoms with Crippen LogP contribution >= 0.6 is 22.9 Å². The number of anilines is 1. The van der Waals surface area contributed by atoms with Gasteiger partial charge in [0.25, 0.3) is 0 Å². The van der Waals surface area contributed by atoms with E-state index in [1.54, 1.807) is 11.6 Å². The predicted molar refractivity (Wildman–Crippen MR) is 53.0 cm³/mol. The predicted octanol–water partition coefficient (Wildman–Crippen LogP) is 2.13. The summed E-state index contributed by atoms with van der Waals surface area (Å²) in [4.78, 5) is 4.05. The van der Waals surface area contributed by atoms with Crippen molar-refractivity contribution in [1.82, 2.24) is 15.2 Å². The second kappa shape index (κ2) is 3.76. The van der Waals surface area contributed by atoms with Gasteiger partial charge in [0, 0.05) is 23.7 Å². The molecule has 0 saturated heterocycles. The van der Waals surface area contributed by atoms with Crippen molar-refractivity contribution < 1.29 is 0 Å². The van der Waals surface area contributed by atoms with Gasteiger partial charge in [-0.25, -0.2) is 4.98 Å². The van der Waals surface area contributed by atoms with Crippen LogP contribution in [0.4, 0.5) is 5.13 Å². The van der Waals surface area contributed by atoms with E-state index in [4.69, 9.17) is 11.6 Å². The Bertz CT molecular complexity index is 370. The van der Waals surface area contributed by atoms with Gasteiger partial charge in [0.15, 0.2) is 5.13 Å². The Morgan fingerprint density at radius 3 is 3.15 bits per heavy atom. The molecule has 0 atom stereocenters. The van der Waals surface area contributed by atoms with E-state index in [2.05, 4.69) is 20.5 Å². The maximum absolute atomic E-state index is 5.66. The molecule has 2 rings (SSSR count). The van der Waals surface area contributed by atoms with Gasteiger partial charge in [-0.05, 0) is 0 Å². The number of aromatic amines is 1. The first-order valence-electron chi connectivity index (χ1n) is 3.67. The number of hydrogen-bond acceptors (Lipinski definition) is 4. The Kier molecular flexibility index (Phi) is 2.47. The number of hydrogen-bond donors (Lipinski definition) is 2. The van der Waals surface area contributed by atoms with Gasteiger partial charge in [-0.2, -0.15) is 5.10 Å². The number of halogens is 1. The third kappa shape index (κ3) is 2.19. The van der Waals surface area contributed by atoms with E-state index >= 15 is 0 Å². The molecule has 0 unspecified atom stereocenters. The molecule has 0 amide bonds. The number of nitrogens with one attached hydrogen (secondary N) is 2. The first kappa shape index (κ1) is 8.52. The molecule has 6 heteroatoms. The van der Waals surface area contributed by atoms with Crippen molar-refractivity contribution in [2.24, 2.45) is 0 Å². The molecule has 0 spiro atoms. The molecule has 2 aromatic heterocycles. The second-order valence-corrected chi connectivity index (χ2v) is 3.68. The van der Waals surface area contributed by atoms with Gasteiger partial charge < -0.3 is 5.32 Å². The minimum Gasteiger partial charge on any atom is -0.357 e. The SMILES string of the molecule is Clc1csc(NCc2cn[nH]c2)n1. The fourth-order valence-electron chi connectivity index (χ4n) is 0.887. The lowest BCUT2D eigenvalue weighted by molar-refractivity contribution is 1.09. The van der Waals surface area contributed by atoms with Gasteiger partial charge in [-0.1, -0.05) is 11.6 Å². The molecule has 2 aromatic rings. The fraction of sp³-hybridized carbons (Fsp3) is 0.143. The van der Waals surface area contributed by atoms with E-state index in [0.717, 1.165) is 10.7 Å². The molecule has 2 N–H and O–H groups in total. The van der Waals surface area contributed by atoms with Crippen molar-refractivity contribution in [3.8, 4) is 0 Å². The highest BCUT2D eigenvalue weighted by atomic mass is 35.5. The Balaban J connectivity index is 1.93. The van der Waals surface area contributed by atoms with Crippen LogP contribution in [0.25, 0.3) is 0 Å². The first-order chi connectivity index (χ1) is 6.34. The van der Waals surface area contributed by atoms with Crippen LogP contribution in [0.2, 0.25) is 5.15 Å². The highest BCUT2D eigenvalue weighted by Crippen LogP contribution is 2.19. The zero-order chi connectivity index (χ0) is 9.10. The van der Waals surface area contributed by atoms with Crippen molar-refractivity contribution in [2.45, 2.75) is 6.54 Å². The van der Waals surface area contributed by atoms with Crippen LogP contribution < -0.4 is 5.32 Å². The largest absolute Gasteiger partial charge is 0.357 e. The van der Waals surface area contributed by atoms with Crippen LogP contribution in [-0.4, -0.2) is 15.2 Å². The van der Waals surface area contributed by atoms with Crippen LogP contribution in [0, 0.1) is 0 Å². The number of nitrogens with zero attached hydrogens (tertiary/aromatic N) is 2. The molecular weight excluding hydrogens is 208 g/mol. The molecule has 0 aromatic carbocycles. The van der Waals surface area contributed by atoms with Crippen LogP contribution in [0.1, 0.15) is 5.56 Å². The fourth-order valence-corrected chi connectivity index (χ4v) is 1.72. The van der Waals surface area contributed by atoms with Gasteiger partial charge in [0.1, 0.15) is 5.15 Å². The zero-order valence-corrected chi connectivity index (χ0v) is 8.19. The molecule has 0 saturated carbocycles. The quantitative estimate of drug-likeness (QED) is 0.823. The summed E-state index contributed by atoms with van der Waals surface area (Å²) in [5, 5.41) is 12.8. The molecule has 0 bridgehead atoms. The van der Waals surface area contributed by atoms with E-state index in [-0.39, 0.29) is 0 Å². The third-order valence-corrected chi connectivity index (χ3v) is 2.60. The molecule has 0 aliphatic carbocycles. The summed E-state index contributed by atoms with van der Waals surface area (Å²) in [7, 11) is 0. The van der Waals surface area contributed by atoms with Gasteiger partial charge in [0.05, 0.1) is 6.20 Å². The summed E-state index contributed by atoms with van der Waals surface area (Å²) < 4.78 is 0. The second-order valence-electron chi connectivity index (χ2n) is 2.44. The summed E-state index contributed by atoms with van der Waals surface area (Å²) in [6, 6.07) is 0. The lowest BCUT2D eigenvalue weighted by atomic mass is 10.4. The van der Waals surface area contributed by atoms with E-state index < -0.39 is 0 Å². The van der Waals surface area contributed by atoms with E-state index in [1.165, 1.54) is 11.3 Å². The highest BCUT2D eigenvalue weighted by Gasteiger charge is 1.99. The van der Waals surface area contributed by atoms with E-state index in [9.17, 15) is 0 Å². The average molecular weight is 215 g/mol. The molecule has 0 fully saturated rings. The monoisotopic (exact) mass is 214 g/mol. The van der Waals surface area contributed by atoms with Crippen LogP contribution in [0.15, 0.2) is 17.8 Å². The van der Waals surface area contributed by atoms with Crippen molar-refractivity contribution in [3.05, 3.63) is 28.5 Å². The summed E-state index contributed by atoms with van der Waals surface area (Å²) in [6.45, 7) is 0.709. The molecular formula is C7H7ClN4S. The maximum atomic E-state index is 5.66. The van der Waals surface area contributed by atoms with Gasteiger partial charge in [-0.3, -0.25) is 5.10 Å². The first-order valence-corrected chi connectivity index (χ1v) is 4.93. The lowest BCUT2D eigenvalue weighted by Crippen LogP contribution is -1.96. The van der Waals surface area contributed by atoms with Crippen molar-refractivity contribution >= 4 is 28.1 Å². The van der Waals surface area contributed by atoms with Crippen molar-refractivity contribution in [3.63, 3.8) is 0 Å². The number of rotatable bonds is 3. The Labute approximate surface area is 84.0 Å². The molecule has 13 heavy (non-hydrogen) atoms. The lowest BCUT2D eigenvalue weighted by Gasteiger charge is -1.97. The van der Waals surface area contributed by atoms with Crippen LogP contribution in [-0.2, 0) is 6.54 Å². The van der Waals surface area contributed by atoms with Gasteiger partial charge in [-0.15, -0.1) is 11.3 Å². The Morgan fingerprint density at radius 1 is 1.62 bits per heavy atom. The van der Waals surface area contributed by atoms with Gasteiger partial charge >= 0.3 is 0 Å². The average Bonchev–Trinajstić information content (AvgIpc) is 2.71. The summed E-state index contributed by atoms with van der Waals surface area (Å²) in [5.74, 6) is 0. The molecule has 0 aliphatic heterocycles. The molecule has 0 aliphatic rings. The van der Waals surface area contributed by atoms with E-state index in [1.807, 2.05) is 6.20 Å². The Morgan fingerprint density at radius 2 is 2.54 bits per heavy atom. The molecule has 2 heterocycles. The minimum atomic E-state index is 0.527.